The average molecular weight is 282 g/mol. The Balaban J connectivity index is 2.07. The molecule has 2 N–H and O–H groups in total. The highest BCUT2D eigenvalue weighted by Crippen LogP contribution is 2.20. The van der Waals surface area contributed by atoms with Gasteiger partial charge in [-0.1, -0.05) is 48.0 Å². The SMILES string of the molecule is CN[C@@H](C)C(=O)NCc1cccc(-c2ccc(C)cc2)c1. The lowest BCUT2D eigenvalue weighted by Gasteiger charge is -2.11. The molecule has 0 saturated heterocycles. The maximum Gasteiger partial charge on any atom is 0.237 e. The molecule has 0 heterocycles. The molecule has 3 heteroatoms. The van der Waals surface area contributed by atoms with Crippen molar-refractivity contribution in [2.24, 2.45) is 0 Å². The topological polar surface area (TPSA) is 41.1 Å². The van der Waals surface area contributed by atoms with Crippen molar-refractivity contribution in [3.63, 3.8) is 0 Å². The van der Waals surface area contributed by atoms with Gasteiger partial charge in [-0.05, 0) is 43.7 Å². The van der Waals surface area contributed by atoms with Crippen LogP contribution in [0.15, 0.2) is 48.5 Å². The number of nitrogens with one attached hydrogen (secondary N) is 2. The van der Waals surface area contributed by atoms with Crippen molar-refractivity contribution in [1.29, 1.82) is 0 Å². The zero-order valence-corrected chi connectivity index (χ0v) is 12.8. The molecule has 21 heavy (non-hydrogen) atoms. The monoisotopic (exact) mass is 282 g/mol. The lowest BCUT2D eigenvalue weighted by atomic mass is 10.0. The third-order valence-electron chi connectivity index (χ3n) is 3.60. The fraction of sp³-hybridized carbons (Fsp3) is 0.278. The summed E-state index contributed by atoms with van der Waals surface area (Å²) in [4.78, 5) is 11.8. The number of amides is 1. The highest BCUT2D eigenvalue weighted by molar-refractivity contribution is 5.81. The van der Waals surface area contributed by atoms with Gasteiger partial charge in [-0.2, -0.15) is 0 Å². The van der Waals surface area contributed by atoms with E-state index in [0.29, 0.717) is 6.54 Å². The maximum atomic E-state index is 11.8. The van der Waals surface area contributed by atoms with Gasteiger partial charge in [0.2, 0.25) is 5.91 Å². The predicted octanol–water partition coefficient (Wildman–Crippen LogP) is 2.89. The van der Waals surface area contributed by atoms with Crippen molar-refractivity contribution < 1.29 is 4.79 Å². The van der Waals surface area contributed by atoms with E-state index in [2.05, 4.69) is 54.0 Å². The Labute approximate surface area is 126 Å². The van der Waals surface area contributed by atoms with E-state index in [1.54, 1.807) is 7.05 Å². The third kappa shape index (κ3) is 4.17. The highest BCUT2D eigenvalue weighted by atomic mass is 16.2. The zero-order chi connectivity index (χ0) is 15.2. The molecule has 0 bridgehead atoms. The number of hydrogen-bond acceptors (Lipinski definition) is 2. The molecule has 2 aromatic rings. The Morgan fingerprint density at radius 2 is 1.81 bits per heavy atom. The van der Waals surface area contributed by atoms with Gasteiger partial charge in [0.25, 0.3) is 0 Å². The molecule has 0 aliphatic carbocycles. The molecule has 3 nitrogen and oxygen atoms in total. The molecule has 110 valence electrons. The largest absolute Gasteiger partial charge is 0.351 e. The summed E-state index contributed by atoms with van der Waals surface area (Å²) < 4.78 is 0. The van der Waals surface area contributed by atoms with Crippen LogP contribution in [0.4, 0.5) is 0 Å². The zero-order valence-electron chi connectivity index (χ0n) is 12.8. The first-order chi connectivity index (χ1) is 10.1. The van der Waals surface area contributed by atoms with Gasteiger partial charge >= 0.3 is 0 Å². The van der Waals surface area contributed by atoms with Crippen LogP contribution in [0, 0.1) is 6.92 Å². The van der Waals surface area contributed by atoms with Gasteiger partial charge in [0.05, 0.1) is 6.04 Å². The molecule has 2 rings (SSSR count). The molecule has 0 aromatic heterocycles. The van der Waals surface area contributed by atoms with Gasteiger partial charge in [-0.15, -0.1) is 0 Å². The van der Waals surface area contributed by atoms with E-state index in [4.69, 9.17) is 0 Å². The Morgan fingerprint density at radius 1 is 1.10 bits per heavy atom. The van der Waals surface area contributed by atoms with Crippen LogP contribution in [-0.2, 0) is 11.3 Å². The van der Waals surface area contributed by atoms with E-state index in [-0.39, 0.29) is 11.9 Å². The van der Waals surface area contributed by atoms with Crippen molar-refractivity contribution in [1.82, 2.24) is 10.6 Å². The maximum absolute atomic E-state index is 11.8. The number of likely N-dealkylation sites (N-methyl/N-ethyl adjacent to an activating group) is 1. The summed E-state index contributed by atoms with van der Waals surface area (Å²) in [7, 11) is 1.78. The summed E-state index contributed by atoms with van der Waals surface area (Å²) in [5.74, 6) is 0.0123. The molecule has 0 radical (unpaired) electrons. The minimum atomic E-state index is -0.176. The van der Waals surface area contributed by atoms with Crippen molar-refractivity contribution in [2.45, 2.75) is 26.4 Å². The normalized spacial score (nSPS) is 12.0. The van der Waals surface area contributed by atoms with Gasteiger partial charge in [0, 0.05) is 6.54 Å². The average Bonchev–Trinajstić information content (AvgIpc) is 2.52. The van der Waals surface area contributed by atoms with Crippen LogP contribution >= 0.6 is 0 Å². The minimum Gasteiger partial charge on any atom is -0.351 e. The molecule has 0 spiro atoms. The summed E-state index contributed by atoms with van der Waals surface area (Å²) in [6, 6.07) is 16.6. The minimum absolute atomic E-state index is 0.0123. The van der Waals surface area contributed by atoms with E-state index >= 15 is 0 Å². The van der Waals surface area contributed by atoms with Gasteiger partial charge < -0.3 is 10.6 Å². The second kappa shape index (κ2) is 7.04. The third-order valence-corrected chi connectivity index (χ3v) is 3.60. The van der Waals surface area contributed by atoms with E-state index in [1.807, 2.05) is 19.1 Å². The number of carbonyl (C=O) groups excluding carboxylic acids is 1. The van der Waals surface area contributed by atoms with Crippen molar-refractivity contribution >= 4 is 5.91 Å². The smallest absolute Gasteiger partial charge is 0.237 e. The quantitative estimate of drug-likeness (QED) is 0.885. The van der Waals surface area contributed by atoms with E-state index in [9.17, 15) is 4.79 Å². The predicted molar refractivity (Wildman–Crippen MR) is 87.0 cm³/mol. The lowest BCUT2D eigenvalue weighted by molar-refractivity contribution is -0.122. The molecule has 0 saturated carbocycles. The first kappa shape index (κ1) is 15.3. The van der Waals surface area contributed by atoms with Crippen molar-refractivity contribution in [2.75, 3.05) is 7.05 Å². The van der Waals surface area contributed by atoms with Crippen LogP contribution in [-0.4, -0.2) is 19.0 Å². The van der Waals surface area contributed by atoms with Crippen molar-refractivity contribution in [3.05, 3.63) is 59.7 Å². The number of aryl methyl sites for hydroxylation is 1. The summed E-state index contributed by atoms with van der Waals surface area (Å²) in [5, 5.41) is 5.87. The number of benzene rings is 2. The first-order valence-corrected chi connectivity index (χ1v) is 7.21. The molecule has 0 aliphatic rings. The summed E-state index contributed by atoms with van der Waals surface area (Å²) in [6.07, 6.45) is 0. The molecule has 0 aliphatic heterocycles. The molecule has 1 amide bonds. The lowest BCUT2D eigenvalue weighted by Crippen LogP contribution is -2.39. The summed E-state index contributed by atoms with van der Waals surface area (Å²) in [5.41, 5.74) is 4.72. The number of hydrogen-bond donors (Lipinski definition) is 2. The number of carbonyl (C=O) groups is 1. The Kier molecular flexibility index (Phi) is 5.12. The van der Waals surface area contributed by atoms with Crippen LogP contribution in [0.1, 0.15) is 18.1 Å². The second-order valence-electron chi connectivity index (χ2n) is 5.29. The van der Waals surface area contributed by atoms with E-state index in [1.165, 1.54) is 16.7 Å². The molecule has 2 aromatic carbocycles. The Bertz CT molecular complexity index is 605. The van der Waals surface area contributed by atoms with Gasteiger partial charge in [-0.3, -0.25) is 4.79 Å². The molecule has 0 fully saturated rings. The second-order valence-corrected chi connectivity index (χ2v) is 5.29. The molecular weight excluding hydrogens is 260 g/mol. The van der Waals surface area contributed by atoms with Crippen LogP contribution in [0.25, 0.3) is 11.1 Å². The van der Waals surface area contributed by atoms with Crippen molar-refractivity contribution in [3.8, 4) is 11.1 Å². The van der Waals surface area contributed by atoms with Crippen LogP contribution < -0.4 is 10.6 Å². The van der Waals surface area contributed by atoms with E-state index < -0.39 is 0 Å². The van der Waals surface area contributed by atoms with E-state index in [0.717, 1.165) is 5.56 Å². The fourth-order valence-corrected chi connectivity index (χ4v) is 2.08. The van der Waals surface area contributed by atoms with Gasteiger partial charge in [0.15, 0.2) is 0 Å². The Hall–Kier alpha value is -2.13. The summed E-state index contributed by atoms with van der Waals surface area (Å²) >= 11 is 0. The van der Waals surface area contributed by atoms with Crippen LogP contribution in [0.3, 0.4) is 0 Å². The van der Waals surface area contributed by atoms with Gasteiger partial charge in [0.1, 0.15) is 0 Å². The van der Waals surface area contributed by atoms with Crippen LogP contribution in [0.2, 0.25) is 0 Å². The van der Waals surface area contributed by atoms with Crippen LogP contribution in [0.5, 0.6) is 0 Å². The molecule has 1 atom stereocenters. The fourth-order valence-electron chi connectivity index (χ4n) is 2.08. The number of rotatable bonds is 5. The highest BCUT2D eigenvalue weighted by Gasteiger charge is 2.09. The standard InChI is InChI=1S/C18H22N2O/c1-13-7-9-16(10-8-13)17-6-4-5-15(11-17)12-20-18(21)14(2)19-3/h4-11,14,19H,12H2,1-3H3,(H,20,21)/t14-/m0/s1. The first-order valence-electron chi connectivity index (χ1n) is 7.21. The summed E-state index contributed by atoms with van der Waals surface area (Å²) in [6.45, 7) is 4.47. The molecule has 0 unspecified atom stereocenters. The molecular formula is C18H22N2O. The Morgan fingerprint density at radius 3 is 2.48 bits per heavy atom. The van der Waals surface area contributed by atoms with Gasteiger partial charge in [-0.25, -0.2) is 0 Å².